The minimum atomic E-state index is 0.532. The van der Waals surface area contributed by atoms with Gasteiger partial charge < -0.3 is 4.42 Å². The highest BCUT2D eigenvalue weighted by Crippen LogP contribution is 2.24. The molecule has 2 aromatic rings. The molecule has 0 N–H and O–H groups in total. The van der Waals surface area contributed by atoms with Crippen LogP contribution < -0.4 is 0 Å². The van der Waals surface area contributed by atoms with Crippen LogP contribution >= 0.6 is 15.9 Å². The quantitative estimate of drug-likeness (QED) is 0.689. The molecule has 0 unspecified atom stereocenters. The number of rotatable bonds is 0. The zero-order valence-corrected chi connectivity index (χ0v) is 7.50. The van der Waals surface area contributed by atoms with Crippen molar-refractivity contribution in [3.05, 3.63) is 28.6 Å². The molecule has 0 aliphatic carbocycles. The fourth-order valence-electron chi connectivity index (χ4n) is 0.949. The van der Waals surface area contributed by atoms with Gasteiger partial charge in [-0.1, -0.05) is 0 Å². The number of aromatic nitrogens is 1. The van der Waals surface area contributed by atoms with Gasteiger partial charge in [-0.3, -0.25) is 0 Å². The topological polar surface area (TPSA) is 49.8 Å². The molecule has 0 fully saturated rings. The Morgan fingerprint density at radius 1 is 1.58 bits per heavy atom. The molecule has 0 spiro atoms. The monoisotopic (exact) mass is 222 g/mol. The lowest BCUT2D eigenvalue weighted by Crippen LogP contribution is -1.77. The van der Waals surface area contributed by atoms with Crippen molar-refractivity contribution in [1.82, 2.24) is 4.98 Å². The van der Waals surface area contributed by atoms with Gasteiger partial charge in [0.05, 0.1) is 15.4 Å². The Morgan fingerprint density at radius 3 is 3.17 bits per heavy atom. The molecule has 12 heavy (non-hydrogen) atoms. The highest BCUT2D eigenvalue weighted by molar-refractivity contribution is 9.10. The molecule has 2 aromatic heterocycles. The Labute approximate surface area is 76.8 Å². The average Bonchev–Trinajstić information content (AvgIpc) is 2.47. The van der Waals surface area contributed by atoms with Crippen molar-refractivity contribution < 1.29 is 4.42 Å². The maximum absolute atomic E-state index is 8.59. The van der Waals surface area contributed by atoms with Gasteiger partial charge in [0.25, 0.3) is 0 Å². The smallest absolute Gasteiger partial charge is 0.227 e. The van der Waals surface area contributed by atoms with E-state index in [4.69, 9.17) is 9.68 Å². The first-order chi connectivity index (χ1) is 5.81. The van der Waals surface area contributed by atoms with Gasteiger partial charge in [-0.25, -0.2) is 4.98 Å². The van der Waals surface area contributed by atoms with Crippen LogP contribution in [0.15, 0.2) is 27.4 Å². The van der Waals surface area contributed by atoms with Crippen LogP contribution in [0, 0.1) is 11.3 Å². The van der Waals surface area contributed by atoms with Gasteiger partial charge in [-0.2, -0.15) is 5.26 Å². The number of halogens is 1. The number of furan rings is 1. The van der Waals surface area contributed by atoms with E-state index in [1.807, 2.05) is 6.07 Å². The minimum absolute atomic E-state index is 0.532. The van der Waals surface area contributed by atoms with Crippen molar-refractivity contribution >= 4 is 27.0 Å². The van der Waals surface area contributed by atoms with Crippen molar-refractivity contribution in [3.8, 4) is 6.07 Å². The van der Waals surface area contributed by atoms with Gasteiger partial charge in [0.2, 0.25) is 5.71 Å². The van der Waals surface area contributed by atoms with Crippen molar-refractivity contribution in [2.24, 2.45) is 0 Å². The highest BCUT2D eigenvalue weighted by Gasteiger charge is 2.04. The zero-order chi connectivity index (χ0) is 8.55. The van der Waals surface area contributed by atoms with Gasteiger partial charge >= 0.3 is 0 Å². The molecule has 0 aliphatic rings. The molecule has 0 radical (unpaired) electrons. The van der Waals surface area contributed by atoms with Gasteiger partial charge in [0.1, 0.15) is 12.3 Å². The van der Waals surface area contributed by atoms with E-state index < -0.39 is 0 Å². The largest absolute Gasteiger partial charge is 0.445 e. The van der Waals surface area contributed by atoms with Crippen LogP contribution in [0.5, 0.6) is 0 Å². The summed E-state index contributed by atoms with van der Waals surface area (Å²) in [4.78, 5) is 3.95. The van der Waals surface area contributed by atoms with Crippen LogP contribution in [0.4, 0.5) is 0 Å². The number of nitrogens with zero attached hydrogens (tertiary/aromatic N) is 2. The van der Waals surface area contributed by atoms with Crippen LogP contribution in [-0.4, -0.2) is 4.98 Å². The van der Waals surface area contributed by atoms with Gasteiger partial charge in [0, 0.05) is 6.20 Å². The molecule has 2 rings (SSSR count). The Morgan fingerprint density at radius 2 is 2.42 bits per heavy atom. The standard InChI is InChI=1S/C8H3BrN2O/c9-7-4-12-8-6(7)1-5(2-10)3-11-8/h1,3-4H. The molecule has 0 aromatic carbocycles. The first-order valence-electron chi connectivity index (χ1n) is 3.24. The van der Waals surface area contributed by atoms with Crippen LogP contribution in [0.2, 0.25) is 0 Å². The highest BCUT2D eigenvalue weighted by atomic mass is 79.9. The maximum Gasteiger partial charge on any atom is 0.227 e. The molecule has 58 valence electrons. The summed E-state index contributed by atoms with van der Waals surface area (Å²) in [7, 11) is 0. The Bertz CT molecular complexity index is 469. The number of pyridine rings is 1. The summed E-state index contributed by atoms with van der Waals surface area (Å²) >= 11 is 3.29. The van der Waals surface area contributed by atoms with Crippen LogP contribution in [-0.2, 0) is 0 Å². The second kappa shape index (κ2) is 2.61. The fraction of sp³-hybridized carbons (Fsp3) is 0. The van der Waals surface area contributed by atoms with E-state index >= 15 is 0 Å². The molecule has 0 aliphatic heterocycles. The zero-order valence-electron chi connectivity index (χ0n) is 5.91. The Balaban J connectivity index is 2.82. The normalized spacial score (nSPS) is 10.0. The summed E-state index contributed by atoms with van der Waals surface area (Å²) in [5, 5.41) is 9.42. The van der Waals surface area contributed by atoms with Crippen molar-refractivity contribution in [2.75, 3.05) is 0 Å². The van der Waals surface area contributed by atoms with Crippen molar-refractivity contribution in [2.45, 2.75) is 0 Å². The Hall–Kier alpha value is -1.34. The second-order valence-corrected chi connectivity index (χ2v) is 3.13. The van der Waals surface area contributed by atoms with Crippen LogP contribution in [0.25, 0.3) is 11.1 Å². The molecule has 0 saturated heterocycles. The third kappa shape index (κ3) is 0.990. The van der Waals surface area contributed by atoms with E-state index in [9.17, 15) is 0 Å². The molecule has 0 atom stereocenters. The molecule has 0 bridgehead atoms. The average molecular weight is 223 g/mol. The second-order valence-electron chi connectivity index (χ2n) is 2.27. The van der Waals surface area contributed by atoms with Gasteiger partial charge in [-0.05, 0) is 22.0 Å². The van der Waals surface area contributed by atoms with Crippen LogP contribution in [0.1, 0.15) is 5.56 Å². The van der Waals surface area contributed by atoms with Gasteiger partial charge in [-0.15, -0.1) is 0 Å². The van der Waals surface area contributed by atoms with E-state index in [0.717, 1.165) is 9.86 Å². The van der Waals surface area contributed by atoms with Crippen LogP contribution in [0.3, 0.4) is 0 Å². The molecule has 2 heterocycles. The summed E-state index contributed by atoms with van der Waals surface area (Å²) in [6.07, 6.45) is 3.04. The predicted molar refractivity (Wildman–Crippen MR) is 46.4 cm³/mol. The van der Waals surface area contributed by atoms with Gasteiger partial charge in [0.15, 0.2) is 0 Å². The summed E-state index contributed by atoms with van der Waals surface area (Å²) in [6.45, 7) is 0. The molecular formula is C8H3BrN2O. The predicted octanol–water partition coefficient (Wildman–Crippen LogP) is 2.46. The summed E-state index contributed by atoms with van der Waals surface area (Å²) in [5.41, 5.74) is 1.07. The fourth-order valence-corrected chi connectivity index (χ4v) is 1.33. The number of hydrogen-bond acceptors (Lipinski definition) is 3. The molecule has 3 nitrogen and oxygen atoms in total. The Kier molecular flexibility index (Phi) is 1.59. The van der Waals surface area contributed by atoms with E-state index in [1.165, 1.54) is 6.20 Å². The first kappa shape index (κ1) is 7.32. The van der Waals surface area contributed by atoms with E-state index in [-0.39, 0.29) is 0 Å². The third-order valence-corrected chi connectivity index (χ3v) is 2.13. The summed E-state index contributed by atoms with van der Waals surface area (Å²) in [6, 6.07) is 3.74. The minimum Gasteiger partial charge on any atom is -0.445 e. The lowest BCUT2D eigenvalue weighted by molar-refractivity contribution is 0.601. The van der Waals surface area contributed by atoms with E-state index in [1.54, 1.807) is 12.3 Å². The van der Waals surface area contributed by atoms with E-state index in [2.05, 4.69) is 20.9 Å². The molecule has 0 saturated carbocycles. The summed E-state index contributed by atoms with van der Waals surface area (Å²) < 4.78 is 5.90. The van der Waals surface area contributed by atoms with Crippen molar-refractivity contribution in [1.29, 1.82) is 5.26 Å². The van der Waals surface area contributed by atoms with E-state index in [0.29, 0.717) is 11.3 Å². The lowest BCUT2D eigenvalue weighted by Gasteiger charge is -1.87. The molecule has 0 amide bonds. The number of hydrogen-bond donors (Lipinski definition) is 0. The van der Waals surface area contributed by atoms with Crippen molar-refractivity contribution in [3.63, 3.8) is 0 Å². The molecular weight excluding hydrogens is 220 g/mol. The number of nitriles is 1. The molecule has 4 heteroatoms. The maximum atomic E-state index is 8.59. The number of fused-ring (bicyclic) bond motifs is 1. The third-order valence-electron chi connectivity index (χ3n) is 1.51. The SMILES string of the molecule is N#Cc1cnc2occ(Br)c2c1. The summed E-state index contributed by atoms with van der Waals surface area (Å²) in [5.74, 6) is 0. The first-order valence-corrected chi connectivity index (χ1v) is 4.03. The lowest BCUT2D eigenvalue weighted by atomic mass is 10.2.